The van der Waals surface area contributed by atoms with Crippen LogP contribution < -0.4 is 9.47 Å². The first-order chi connectivity index (χ1) is 23.5. The molecular weight excluding hydrogens is 645 g/mol. The maximum absolute atomic E-state index is 14.9. The van der Waals surface area contributed by atoms with Crippen LogP contribution in [0.25, 0.3) is 0 Å². The molecule has 3 aliphatic carbocycles. The number of aliphatic hydroxyl groups excluding tert-OH is 1. The molecule has 49 heavy (non-hydrogen) atoms. The first-order valence-corrected chi connectivity index (χ1v) is 17.5. The van der Waals surface area contributed by atoms with E-state index in [1.807, 2.05) is 30.3 Å². The Morgan fingerprint density at radius 2 is 1.92 bits per heavy atom. The maximum Gasteiger partial charge on any atom is 0.410 e. The second kappa shape index (κ2) is 14.2. The summed E-state index contributed by atoms with van der Waals surface area (Å²) in [5.41, 5.74) is 3.11. The number of hydrogen-bond donors (Lipinski definition) is 1. The summed E-state index contributed by atoms with van der Waals surface area (Å²) in [6.07, 6.45) is 5.69. The summed E-state index contributed by atoms with van der Waals surface area (Å²) >= 11 is 6.37. The Bertz CT molecular complexity index is 1760. The SMILES string of the molecule is COc1ccc(CN2C[C@@]3(CC[C@H]4c5ccc(cc5C(=O)Cc5c(F)cccc5Cl)C[C@@H](O)CCC(C)=CCC[C@@]43C)OC2=O)c(OC)c1. The number of allylic oxidation sites excluding steroid dienone is 2. The fraction of sp³-hybridized carbons (Fsp3) is 0.450. The van der Waals surface area contributed by atoms with Crippen molar-refractivity contribution in [3.8, 4) is 11.5 Å². The molecule has 1 amide bonds. The number of benzene rings is 3. The van der Waals surface area contributed by atoms with E-state index < -0.39 is 22.9 Å². The number of Topliss-reactive ketones (excluding diaryl/α,β-unsaturated/α-hetero) is 1. The largest absolute Gasteiger partial charge is 0.497 e. The minimum Gasteiger partial charge on any atom is -0.497 e. The van der Waals surface area contributed by atoms with E-state index in [1.54, 1.807) is 31.3 Å². The lowest BCUT2D eigenvalue weighted by Gasteiger charge is -2.43. The van der Waals surface area contributed by atoms with E-state index in [4.69, 9.17) is 25.8 Å². The predicted octanol–water partition coefficient (Wildman–Crippen LogP) is 8.62. The molecule has 7 nitrogen and oxygen atoms in total. The number of amides is 1. The predicted molar refractivity (Wildman–Crippen MR) is 187 cm³/mol. The van der Waals surface area contributed by atoms with Crippen molar-refractivity contribution < 1.29 is 33.3 Å². The third-order valence-corrected chi connectivity index (χ3v) is 11.5. The van der Waals surface area contributed by atoms with Gasteiger partial charge in [-0.15, -0.1) is 0 Å². The second-order valence-electron chi connectivity index (χ2n) is 14.1. The summed E-state index contributed by atoms with van der Waals surface area (Å²) in [6, 6.07) is 15.9. The Morgan fingerprint density at radius 1 is 1.10 bits per heavy atom. The molecule has 7 rings (SSSR count). The van der Waals surface area contributed by atoms with Crippen LogP contribution in [-0.2, 0) is 24.1 Å². The van der Waals surface area contributed by atoms with Gasteiger partial charge in [0.1, 0.15) is 22.9 Å². The number of halogens is 2. The van der Waals surface area contributed by atoms with Gasteiger partial charge in [-0.25, -0.2) is 9.18 Å². The van der Waals surface area contributed by atoms with E-state index >= 15 is 0 Å². The molecule has 2 fully saturated rings. The topological polar surface area (TPSA) is 85.3 Å². The molecule has 1 N–H and O–H groups in total. The number of rotatable bonds is 7. The number of carbonyl (C=O) groups is 2. The summed E-state index contributed by atoms with van der Waals surface area (Å²) in [6.45, 7) is 5.01. The summed E-state index contributed by atoms with van der Waals surface area (Å²) in [5, 5.41) is 11.1. The van der Waals surface area contributed by atoms with Crippen molar-refractivity contribution in [1.29, 1.82) is 0 Å². The van der Waals surface area contributed by atoms with Crippen molar-refractivity contribution in [1.82, 2.24) is 4.90 Å². The minimum atomic E-state index is -0.794. The highest BCUT2D eigenvalue weighted by molar-refractivity contribution is 6.31. The van der Waals surface area contributed by atoms with Gasteiger partial charge >= 0.3 is 6.09 Å². The number of hydrogen-bond acceptors (Lipinski definition) is 6. The molecule has 3 aromatic carbocycles. The first-order valence-electron chi connectivity index (χ1n) is 17.1. The molecule has 4 aliphatic rings. The Hall–Kier alpha value is -3.88. The van der Waals surface area contributed by atoms with Crippen molar-refractivity contribution in [2.45, 2.75) is 89.4 Å². The number of aliphatic hydroxyl groups is 1. The number of ether oxygens (including phenoxy) is 3. The average Bonchev–Trinajstić information content (AvgIpc) is 3.55. The highest BCUT2D eigenvalue weighted by atomic mass is 35.5. The van der Waals surface area contributed by atoms with Gasteiger partial charge in [-0.2, -0.15) is 0 Å². The smallest absolute Gasteiger partial charge is 0.410 e. The first kappa shape index (κ1) is 35.0. The minimum absolute atomic E-state index is 0.124. The number of nitrogens with zero attached hydrogens (tertiary/aromatic N) is 1. The molecule has 1 saturated heterocycles. The molecule has 1 heterocycles. The third kappa shape index (κ3) is 6.82. The molecule has 1 saturated carbocycles. The van der Waals surface area contributed by atoms with Crippen LogP contribution in [0, 0.1) is 11.2 Å². The van der Waals surface area contributed by atoms with E-state index in [-0.39, 0.29) is 34.8 Å². The second-order valence-corrected chi connectivity index (χ2v) is 14.5. The molecule has 1 aliphatic heterocycles. The Balaban J connectivity index is 1.39. The third-order valence-electron chi connectivity index (χ3n) is 11.2. The molecular formula is C40H45ClFNO6. The van der Waals surface area contributed by atoms with Gasteiger partial charge in [-0.05, 0) is 99.2 Å². The van der Waals surface area contributed by atoms with Crippen LogP contribution in [0.15, 0.2) is 66.2 Å². The van der Waals surface area contributed by atoms with Crippen LogP contribution in [0.3, 0.4) is 0 Å². The lowest BCUT2D eigenvalue weighted by atomic mass is 9.64. The average molecular weight is 690 g/mol. The van der Waals surface area contributed by atoms with Crippen molar-refractivity contribution in [3.63, 3.8) is 0 Å². The van der Waals surface area contributed by atoms with Crippen LogP contribution in [0.2, 0.25) is 5.02 Å². The molecule has 2 bridgehead atoms. The van der Waals surface area contributed by atoms with Crippen molar-refractivity contribution in [2.75, 3.05) is 20.8 Å². The molecule has 9 heteroatoms. The summed E-state index contributed by atoms with van der Waals surface area (Å²) < 4.78 is 32.4. The normalized spacial score (nSPS) is 25.5. The molecule has 4 atom stereocenters. The lowest BCUT2D eigenvalue weighted by Crippen LogP contribution is -2.48. The van der Waals surface area contributed by atoms with Crippen molar-refractivity contribution in [2.24, 2.45) is 5.41 Å². The van der Waals surface area contributed by atoms with Gasteiger partial charge in [0.15, 0.2) is 5.78 Å². The van der Waals surface area contributed by atoms with Gasteiger partial charge < -0.3 is 19.3 Å². The molecule has 260 valence electrons. The highest BCUT2D eigenvalue weighted by Crippen LogP contribution is 2.62. The highest BCUT2D eigenvalue weighted by Gasteiger charge is 2.64. The van der Waals surface area contributed by atoms with E-state index in [0.717, 1.165) is 36.0 Å². The van der Waals surface area contributed by atoms with Gasteiger partial charge in [0.05, 0.1) is 33.4 Å². The maximum atomic E-state index is 14.9. The van der Waals surface area contributed by atoms with Crippen LogP contribution in [-0.4, -0.2) is 54.4 Å². The Kier molecular flexibility index (Phi) is 10.1. The lowest BCUT2D eigenvalue weighted by molar-refractivity contribution is -0.0373. The van der Waals surface area contributed by atoms with Gasteiger partial charge in [-0.1, -0.05) is 48.4 Å². The van der Waals surface area contributed by atoms with Crippen LogP contribution >= 0.6 is 11.6 Å². The van der Waals surface area contributed by atoms with Gasteiger partial charge in [0.2, 0.25) is 0 Å². The van der Waals surface area contributed by atoms with Gasteiger partial charge in [0.25, 0.3) is 0 Å². The molecule has 0 radical (unpaired) electrons. The number of methoxy groups -OCH3 is 2. The number of carbonyl (C=O) groups excluding carboxylic acids is 2. The zero-order valence-electron chi connectivity index (χ0n) is 28.7. The van der Waals surface area contributed by atoms with Gasteiger partial charge in [-0.3, -0.25) is 9.69 Å². The van der Waals surface area contributed by atoms with Crippen LogP contribution in [0.4, 0.5) is 9.18 Å². The summed E-state index contributed by atoms with van der Waals surface area (Å²) in [7, 11) is 3.20. The van der Waals surface area contributed by atoms with Crippen LogP contribution in [0.1, 0.15) is 90.9 Å². The molecule has 0 aromatic heterocycles. The zero-order valence-corrected chi connectivity index (χ0v) is 29.4. The van der Waals surface area contributed by atoms with E-state index in [0.29, 0.717) is 55.8 Å². The Morgan fingerprint density at radius 3 is 2.67 bits per heavy atom. The Labute approximate surface area is 293 Å². The van der Waals surface area contributed by atoms with E-state index in [2.05, 4.69) is 19.9 Å². The molecule has 1 spiro atoms. The molecule has 0 unspecified atom stereocenters. The number of ketones is 1. The van der Waals surface area contributed by atoms with Crippen LogP contribution in [0.5, 0.6) is 11.5 Å². The fourth-order valence-electron chi connectivity index (χ4n) is 8.29. The van der Waals surface area contributed by atoms with E-state index in [1.165, 1.54) is 17.7 Å². The zero-order chi connectivity index (χ0) is 34.9. The summed E-state index contributed by atoms with van der Waals surface area (Å²) in [4.78, 5) is 29.6. The number of fused-ring (bicyclic) bond motifs is 8. The standard InChI is InChI=1S/C40H45ClFNO6/c1-25-7-6-17-39(2)33(16-18-40(39)24-43(38(46)49-40)23-27-12-14-29(47-3)21-37(27)48-4)30-15-11-26(19-28(44)13-10-25)20-31(30)36(45)22-32-34(41)8-5-9-35(32)42/h5,7-9,11-12,14-15,20-21,28,33,44H,6,10,13,16-19,22-24H2,1-4H3/t28-,33-,39-,40+/m0/s1. The van der Waals surface area contributed by atoms with E-state index in [9.17, 15) is 19.1 Å². The van der Waals surface area contributed by atoms with Gasteiger partial charge in [0, 0.05) is 39.6 Å². The monoisotopic (exact) mass is 689 g/mol. The fourth-order valence-corrected chi connectivity index (χ4v) is 8.52. The summed E-state index contributed by atoms with van der Waals surface area (Å²) in [5.74, 6) is 0.418. The molecule has 3 aromatic rings. The quantitative estimate of drug-likeness (QED) is 0.198. The van der Waals surface area contributed by atoms with Crippen molar-refractivity contribution >= 4 is 23.5 Å². The van der Waals surface area contributed by atoms with Crippen molar-refractivity contribution in [3.05, 3.63) is 105 Å².